The summed E-state index contributed by atoms with van der Waals surface area (Å²) in [7, 11) is 0. The lowest BCUT2D eigenvalue weighted by atomic mass is 10.2. The molecular weight excluding hydrogens is 182 g/mol. The first kappa shape index (κ1) is 8.55. The molecule has 2 aromatic heterocycles. The number of nitrogen functional groups attached to an aromatic ring is 1. The molecule has 2 aromatic rings. The van der Waals surface area contributed by atoms with E-state index < -0.39 is 0 Å². The van der Waals surface area contributed by atoms with E-state index >= 15 is 0 Å². The largest absolute Gasteiger partial charge is 0.368 e. The number of nitrogens with two attached hydrogens (primary N) is 1. The maximum Gasteiger partial charge on any atom is 0.222 e. The van der Waals surface area contributed by atoms with Crippen LogP contribution in [0.3, 0.4) is 0 Å². The van der Waals surface area contributed by atoms with Crippen molar-refractivity contribution in [3.63, 3.8) is 0 Å². The van der Waals surface area contributed by atoms with Crippen LogP contribution in [-0.4, -0.2) is 10.1 Å². The molecule has 14 heavy (non-hydrogen) atoms. The SMILES string of the molecule is Cc1cc(=O)c(-c2cc(N)on2)c[nH]1. The van der Waals surface area contributed by atoms with Gasteiger partial charge in [-0.3, -0.25) is 4.79 Å². The number of aromatic nitrogens is 2. The molecule has 0 aliphatic carbocycles. The fourth-order valence-corrected chi connectivity index (χ4v) is 1.19. The monoisotopic (exact) mass is 191 g/mol. The topological polar surface area (TPSA) is 84.9 Å². The molecule has 0 amide bonds. The Morgan fingerprint density at radius 2 is 2.29 bits per heavy atom. The van der Waals surface area contributed by atoms with Crippen LogP contribution in [-0.2, 0) is 0 Å². The number of aromatic amines is 1. The molecule has 2 heterocycles. The Morgan fingerprint density at radius 3 is 2.86 bits per heavy atom. The Morgan fingerprint density at radius 1 is 1.50 bits per heavy atom. The number of rotatable bonds is 1. The number of pyridine rings is 1. The van der Waals surface area contributed by atoms with E-state index in [1.165, 1.54) is 12.1 Å². The maximum atomic E-state index is 11.5. The van der Waals surface area contributed by atoms with E-state index in [9.17, 15) is 4.79 Å². The van der Waals surface area contributed by atoms with Gasteiger partial charge in [0.15, 0.2) is 5.43 Å². The van der Waals surface area contributed by atoms with Crippen molar-refractivity contribution in [2.75, 3.05) is 5.73 Å². The molecule has 0 spiro atoms. The predicted molar refractivity (Wildman–Crippen MR) is 51.7 cm³/mol. The van der Waals surface area contributed by atoms with Gasteiger partial charge >= 0.3 is 0 Å². The van der Waals surface area contributed by atoms with Gasteiger partial charge in [0.05, 0.1) is 5.56 Å². The van der Waals surface area contributed by atoms with E-state index in [-0.39, 0.29) is 11.3 Å². The zero-order chi connectivity index (χ0) is 10.1. The molecule has 0 unspecified atom stereocenters. The van der Waals surface area contributed by atoms with Crippen LogP contribution < -0.4 is 11.2 Å². The summed E-state index contributed by atoms with van der Waals surface area (Å²) < 4.78 is 4.68. The smallest absolute Gasteiger partial charge is 0.222 e. The highest BCUT2D eigenvalue weighted by Crippen LogP contribution is 2.15. The molecule has 72 valence electrons. The quantitative estimate of drug-likeness (QED) is 0.701. The van der Waals surface area contributed by atoms with Gasteiger partial charge in [-0.1, -0.05) is 5.16 Å². The maximum absolute atomic E-state index is 11.5. The van der Waals surface area contributed by atoms with E-state index in [2.05, 4.69) is 14.7 Å². The van der Waals surface area contributed by atoms with Gasteiger partial charge in [-0.15, -0.1) is 0 Å². The lowest BCUT2D eigenvalue weighted by Gasteiger charge is -1.95. The Bertz CT molecular complexity index is 513. The molecule has 0 aromatic carbocycles. The van der Waals surface area contributed by atoms with Crippen LogP contribution in [0.4, 0.5) is 5.88 Å². The normalized spacial score (nSPS) is 10.4. The van der Waals surface area contributed by atoms with E-state index in [0.717, 1.165) is 5.69 Å². The van der Waals surface area contributed by atoms with Gasteiger partial charge < -0.3 is 15.2 Å². The molecule has 0 fully saturated rings. The zero-order valence-electron chi connectivity index (χ0n) is 7.57. The van der Waals surface area contributed by atoms with Crippen LogP contribution in [0.25, 0.3) is 11.3 Å². The predicted octanol–water partition coefficient (Wildman–Crippen LogP) is 0.921. The molecule has 3 N–H and O–H groups in total. The van der Waals surface area contributed by atoms with Crippen LogP contribution in [0.1, 0.15) is 5.69 Å². The van der Waals surface area contributed by atoms with E-state index in [0.29, 0.717) is 11.3 Å². The summed E-state index contributed by atoms with van der Waals surface area (Å²) in [4.78, 5) is 14.4. The number of H-pyrrole nitrogens is 1. The second-order valence-electron chi connectivity index (χ2n) is 3.01. The van der Waals surface area contributed by atoms with Crippen molar-refractivity contribution < 1.29 is 4.52 Å². The first-order valence-electron chi connectivity index (χ1n) is 4.09. The van der Waals surface area contributed by atoms with Crippen molar-refractivity contribution in [1.29, 1.82) is 0 Å². The van der Waals surface area contributed by atoms with Crippen LogP contribution >= 0.6 is 0 Å². The molecule has 0 atom stereocenters. The van der Waals surface area contributed by atoms with Crippen molar-refractivity contribution >= 4 is 5.88 Å². The molecule has 0 aliphatic heterocycles. The van der Waals surface area contributed by atoms with E-state index in [1.807, 2.05) is 6.92 Å². The molecule has 2 rings (SSSR count). The summed E-state index contributed by atoms with van der Waals surface area (Å²) in [5.41, 5.74) is 6.96. The average Bonchev–Trinajstić information content (AvgIpc) is 2.51. The summed E-state index contributed by atoms with van der Waals surface area (Å²) in [6.45, 7) is 1.81. The number of aryl methyl sites for hydroxylation is 1. The average molecular weight is 191 g/mol. The second kappa shape index (κ2) is 3.02. The van der Waals surface area contributed by atoms with Crippen molar-refractivity contribution in [2.45, 2.75) is 6.92 Å². The second-order valence-corrected chi connectivity index (χ2v) is 3.01. The third-order valence-corrected chi connectivity index (χ3v) is 1.86. The van der Waals surface area contributed by atoms with Gasteiger partial charge in [-0.05, 0) is 6.92 Å². The van der Waals surface area contributed by atoms with E-state index in [1.54, 1.807) is 6.20 Å². The molecule has 0 saturated heterocycles. The Kier molecular flexibility index (Phi) is 1.85. The highest BCUT2D eigenvalue weighted by atomic mass is 16.5. The minimum atomic E-state index is -0.102. The first-order valence-corrected chi connectivity index (χ1v) is 4.09. The minimum Gasteiger partial charge on any atom is -0.368 e. The number of hydrogen-bond acceptors (Lipinski definition) is 4. The van der Waals surface area contributed by atoms with Crippen LogP contribution in [0.15, 0.2) is 27.6 Å². The Labute approximate surface area is 79.5 Å². The summed E-state index contributed by atoms with van der Waals surface area (Å²) in [6, 6.07) is 3.01. The lowest BCUT2D eigenvalue weighted by molar-refractivity contribution is 0.439. The summed E-state index contributed by atoms with van der Waals surface area (Å²) in [5, 5.41) is 3.66. The first-order chi connectivity index (χ1) is 6.66. The number of hydrogen-bond donors (Lipinski definition) is 2. The Hall–Kier alpha value is -2.04. The number of anilines is 1. The van der Waals surface area contributed by atoms with Gasteiger partial charge in [0, 0.05) is 24.0 Å². The number of nitrogens with zero attached hydrogens (tertiary/aromatic N) is 1. The molecule has 0 saturated carbocycles. The van der Waals surface area contributed by atoms with Gasteiger partial charge in [-0.2, -0.15) is 0 Å². The molecular formula is C9H9N3O2. The molecule has 0 bridgehead atoms. The van der Waals surface area contributed by atoms with Crippen molar-refractivity contribution in [1.82, 2.24) is 10.1 Å². The van der Waals surface area contributed by atoms with Crippen LogP contribution in [0, 0.1) is 6.92 Å². The van der Waals surface area contributed by atoms with Crippen LogP contribution in [0.5, 0.6) is 0 Å². The summed E-state index contributed by atoms with van der Waals surface area (Å²) in [6.07, 6.45) is 1.59. The lowest BCUT2D eigenvalue weighted by Crippen LogP contribution is -2.04. The third-order valence-electron chi connectivity index (χ3n) is 1.86. The summed E-state index contributed by atoms with van der Waals surface area (Å²) in [5.74, 6) is 0.194. The van der Waals surface area contributed by atoms with Gasteiger partial charge in [0.2, 0.25) is 5.88 Å². The molecule has 5 nitrogen and oxygen atoms in total. The Balaban J connectivity index is 2.57. The minimum absolute atomic E-state index is 0.102. The third kappa shape index (κ3) is 1.39. The van der Waals surface area contributed by atoms with Gasteiger partial charge in [0.25, 0.3) is 0 Å². The summed E-state index contributed by atoms with van der Waals surface area (Å²) >= 11 is 0. The van der Waals surface area contributed by atoms with Crippen molar-refractivity contribution in [3.05, 3.63) is 34.2 Å². The van der Waals surface area contributed by atoms with Crippen molar-refractivity contribution in [2.24, 2.45) is 0 Å². The van der Waals surface area contributed by atoms with Crippen LogP contribution in [0.2, 0.25) is 0 Å². The molecule has 0 radical (unpaired) electrons. The standard InChI is InChI=1S/C9H9N3O2/c1-5-2-8(13)6(4-11-5)7-3-9(10)14-12-7/h2-4H,10H2,1H3,(H,11,13). The highest BCUT2D eigenvalue weighted by molar-refractivity contribution is 5.59. The van der Waals surface area contributed by atoms with E-state index in [4.69, 9.17) is 5.73 Å². The molecule has 0 aliphatic rings. The van der Waals surface area contributed by atoms with Gasteiger partial charge in [-0.25, -0.2) is 0 Å². The zero-order valence-corrected chi connectivity index (χ0v) is 7.57. The highest BCUT2D eigenvalue weighted by Gasteiger charge is 2.07. The van der Waals surface area contributed by atoms with Crippen molar-refractivity contribution in [3.8, 4) is 11.3 Å². The van der Waals surface area contributed by atoms with Gasteiger partial charge in [0.1, 0.15) is 5.69 Å². The fourth-order valence-electron chi connectivity index (χ4n) is 1.19. The number of nitrogens with one attached hydrogen (secondary N) is 1. The fraction of sp³-hybridized carbons (Fsp3) is 0.111. The molecule has 5 heteroatoms.